The van der Waals surface area contributed by atoms with Crippen molar-refractivity contribution in [2.24, 2.45) is 5.73 Å². The number of fused-ring (bicyclic) bond motifs is 1. The number of nitrogens with one attached hydrogen (secondary N) is 1. The van der Waals surface area contributed by atoms with Crippen LogP contribution in [0.15, 0.2) is 48.5 Å². The number of aromatic amines is 1. The topological polar surface area (TPSA) is 65.4 Å². The van der Waals surface area contributed by atoms with Gasteiger partial charge in [-0.2, -0.15) is 0 Å². The molecule has 1 aliphatic rings. The van der Waals surface area contributed by atoms with E-state index >= 15 is 0 Å². The van der Waals surface area contributed by atoms with Crippen LogP contribution in [0.1, 0.15) is 10.5 Å². The Morgan fingerprint density at radius 1 is 1.00 bits per heavy atom. The van der Waals surface area contributed by atoms with Crippen molar-refractivity contribution in [3.63, 3.8) is 0 Å². The third-order valence-corrected chi connectivity index (χ3v) is 4.98. The number of anilines is 1. The molecule has 1 aromatic heterocycles. The fourth-order valence-corrected chi connectivity index (χ4v) is 3.53. The summed E-state index contributed by atoms with van der Waals surface area (Å²) in [6.07, 6.45) is 0. The van der Waals surface area contributed by atoms with Crippen LogP contribution in [0.4, 0.5) is 5.69 Å². The molecule has 0 spiro atoms. The minimum Gasteiger partial charge on any atom is -0.369 e. The highest BCUT2D eigenvalue weighted by Gasteiger charge is 2.18. The number of amides is 1. The van der Waals surface area contributed by atoms with Crippen molar-refractivity contribution in [3.05, 3.63) is 54.2 Å². The van der Waals surface area contributed by atoms with Crippen molar-refractivity contribution in [1.82, 2.24) is 9.88 Å². The van der Waals surface area contributed by atoms with Crippen LogP contribution < -0.4 is 10.6 Å². The van der Waals surface area contributed by atoms with Gasteiger partial charge in [0.2, 0.25) is 0 Å². The van der Waals surface area contributed by atoms with E-state index in [-0.39, 0.29) is 0 Å². The molecule has 0 radical (unpaired) electrons. The molecule has 5 heteroatoms. The zero-order valence-electron chi connectivity index (χ0n) is 14.3. The lowest BCUT2D eigenvalue weighted by molar-refractivity contribution is 0.0997. The van der Waals surface area contributed by atoms with E-state index in [1.54, 1.807) is 0 Å². The quantitative estimate of drug-likeness (QED) is 0.774. The van der Waals surface area contributed by atoms with Gasteiger partial charge < -0.3 is 20.5 Å². The summed E-state index contributed by atoms with van der Waals surface area (Å²) in [5.41, 5.74) is 10.1. The van der Waals surface area contributed by atoms with Crippen LogP contribution in [0.25, 0.3) is 22.0 Å². The van der Waals surface area contributed by atoms with Crippen LogP contribution >= 0.6 is 0 Å². The molecule has 3 aromatic rings. The van der Waals surface area contributed by atoms with Gasteiger partial charge in [-0.15, -0.1) is 0 Å². The summed E-state index contributed by atoms with van der Waals surface area (Å²) >= 11 is 0. The molecule has 128 valence electrons. The summed E-state index contributed by atoms with van der Waals surface area (Å²) in [7, 11) is 2.16. The molecule has 0 unspecified atom stereocenters. The predicted molar refractivity (Wildman–Crippen MR) is 102 cm³/mol. The van der Waals surface area contributed by atoms with E-state index in [4.69, 9.17) is 5.73 Å². The van der Waals surface area contributed by atoms with Gasteiger partial charge in [-0.1, -0.05) is 30.3 Å². The van der Waals surface area contributed by atoms with Crippen LogP contribution in [-0.2, 0) is 0 Å². The molecular weight excluding hydrogens is 312 g/mol. The molecule has 1 amide bonds. The van der Waals surface area contributed by atoms with Crippen LogP contribution in [0.3, 0.4) is 0 Å². The SMILES string of the molecule is CN1CCN(c2ccc(-c3c(C(N)=O)[nH]c4ccccc34)cc2)CC1. The Kier molecular flexibility index (Phi) is 3.93. The highest BCUT2D eigenvalue weighted by Crippen LogP contribution is 2.33. The summed E-state index contributed by atoms with van der Waals surface area (Å²) in [5.74, 6) is -0.436. The second kappa shape index (κ2) is 6.26. The number of benzene rings is 2. The maximum atomic E-state index is 11.9. The molecule has 0 aliphatic carbocycles. The first-order valence-electron chi connectivity index (χ1n) is 8.58. The summed E-state index contributed by atoms with van der Waals surface area (Å²) in [6, 6.07) is 16.3. The molecule has 5 nitrogen and oxygen atoms in total. The van der Waals surface area contributed by atoms with Gasteiger partial charge in [0.05, 0.1) is 0 Å². The summed E-state index contributed by atoms with van der Waals surface area (Å²) in [5, 5.41) is 1.02. The van der Waals surface area contributed by atoms with Crippen LogP contribution in [0.2, 0.25) is 0 Å². The standard InChI is InChI=1S/C20H22N4O/c1-23-10-12-24(13-11-23)15-8-6-14(7-9-15)18-16-4-2-3-5-17(16)22-19(18)20(21)25/h2-9,22H,10-13H2,1H3,(H2,21,25). The maximum Gasteiger partial charge on any atom is 0.265 e. The fourth-order valence-electron chi connectivity index (χ4n) is 3.53. The predicted octanol–water partition coefficient (Wildman–Crippen LogP) is 2.69. The Hall–Kier alpha value is -2.79. The Morgan fingerprint density at radius 2 is 1.68 bits per heavy atom. The Labute approximate surface area is 147 Å². The van der Waals surface area contributed by atoms with Crippen molar-refractivity contribution in [2.45, 2.75) is 0 Å². The molecule has 0 bridgehead atoms. The fraction of sp³-hybridized carbons (Fsp3) is 0.250. The molecule has 25 heavy (non-hydrogen) atoms. The number of para-hydroxylation sites is 1. The summed E-state index contributed by atoms with van der Waals surface area (Å²) < 4.78 is 0. The smallest absolute Gasteiger partial charge is 0.265 e. The molecule has 4 rings (SSSR count). The normalized spacial score (nSPS) is 15.6. The zero-order valence-corrected chi connectivity index (χ0v) is 14.3. The zero-order chi connectivity index (χ0) is 17.4. The van der Waals surface area contributed by atoms with E-state index in [0.717, 1.165) is 48.2 Å². The number of hydrogen-bond donors (Lipinski definition) is 2. The van der Waals surface area contributed by atoms with Gasteiger partial charge in [-0.05, 0) is 30.8 Å². The molecular formula is C20H22N4O. The third-order valence-electron chi connectivity index (χ3n) is 4.98. The number of primary amides is 1. The minimum absolute atomic E-state index is 0.436. The highest BCUT2D eigenvalue weighted by molar-refractivity contribution is 6.09. The van der Waals surface area contributed by atoms with E-state index < -0.39 is 5.91 Å². The Balaban J connectivity index is 1.72. The van der Waals surface area contributed by atoms with Gasteiger partial charge in [0.15, 0.2) is 0 Å². The lowest BCUT2D eigenvalue weighted by Crippen LogP contribution is -2.44. The van der Waals surface area contributed by atoms with E-state index in [9.17, 15) is 4.79 Å². The number of nitrogens with zero attached hydrogens (tertiary/aromatic N) is 2. The van der Waals surface area contributed by atoms with Gasteiger partial charge in [0.1, 0.15) is 5.69 Å². The number of hydrogen-bond acceptors (Lipinski definition) is 3. The lowest BCUT2D eigenvalue weighted by Gasteiger charge is -2.34. The molecule has 0 atom stereocenters. The summed E-state index contributed by atoms with van der Waals surface area (Å²) in [4.78, 5) is 19.8. The van der Waals surface area contributed by atoms with Crippen molar-refractivity contribution in [2.75, 3.05) is 38.1 Å². The van der Waals surface area contributed by atoms with Crippen molar-refractivity contribution >= 4 is 22.5 Å². The van der Waals surface area contributed by atoms with Gasteiger partial charge in [0.25, 0.3) is 5.91 Å². The molecule has 3 N–H and O–H groups in total. The van der Waals surface area contributed by atoms with Crippen molar-refractivity contribution < 1.29 is 4.79 Å². The lowest BCUT2D eigenvalue weighted by atomic mass is 10.0. The van der Waals surface area contributed by atoms with Gasteiger partial charge in [-0.3, -0.25) is 4.79 Å². The number of carbonyl (C=O) groups excluding carboxylic acids is 1. The van der Waals surface area contributed by atoms with Crippen molar-refractivity contribution in [1.29, 1.82) is 0 Å². The Bertz CT molecular complexity index is 905. The van der Waals surface area contributed by atoms with E-state index in [1.165, 1.54) is 5.69 Å². The first kappa shape index (κ1) is 15.7. The molecule has 1 fully saturated rings. The number of rotatable bonds is 3. The van der Waals surface area contributed by atoms with E-state index in [0.29, 0.717) is 5.69 Å². The molecule has 2 heterocycles. The highest BCUT2D eigenvalue weighted by atomic mass is 16.1. The minimum atomic E-state index is -0.436. The van der Waals surface area contributed by atoms with Gasteiger partial charge in [0, 0.05) is 48.3 Å². The molecule has 1 saturated heterocycles. The van der Waals surface area contributed by atoms with E-state index in [2.05, 4.69) is 46.1 Å². The van der Waals surface area contributed by atoms with Crippen LogP contribution in [-0.4, -0.2) is 49.0 Å². The number of carbonyl (C=O) groups is 1. The number of likely N-dealkylation sites (N-methyl/N-ethyl adjacent to an activating group) is 1. The van der Waals surface area contributed by atoms with Gasteiger partial charge >= 0.3 is 0 Å². The molecule has 1 aliphatic heterocycles. The average Bonchev–Trinajstić information content (AvgIpc) is 3.02. The second-order valence-electron chi connectivity index (χ2n) is 6.62. The number of piperazine rings is 1. The summed E-state index contributed by atoms with van der Waals surface area (Å²) in [6.45, 7) is 4.23. The van der Waals surface area contributed by atoms with E-state index in [1.807, 2.05) is 24.3 Å². The van der Waals surface area contributed by atoms with Crippen LogP contribution in [0, 0.1) is 0 Å². The number of nitrogens with two attached hydrogens (primary N) is 1. The monoisotopic (exact) mass is 334 g/mol. The largest absolute Gasteiger partial charge is 0.369 e. The maximum absolute atomic E-state index is 11.9. The number of aromatic nitrogens is 1. The second-order valence-corrected chi connectivity index (χ2v) is 6.62. The number of H-pyrrole nitrogens is 1. The molecule has 0 saturated carbocycles. The molecule has 2 aromatic carbocycles. The Morgan fingerprint density at radius 3 is 2.36 bits per heavy atom. The first-order chi connectivity index (χ1) is 12.1. The van der Waals surface area contributed by atoms with Crippen molar-refractivity contribution in [3.8, 4) is 11.1 Å². The average molecular weight is 334 g/mol. The first-order valence-corrected chi connectivity index (χ1v) is 8.58. The van der Waals surface area contributed by atoms with Gasteiger partial charge in [-0.25, -0.2) is 0 Å². The third kappa shape index (κ3) is 2.87. The van der Waals surface area contributed by atoms with Crippen LogP contribution in [0.5, 0.6) is 0 Å².